The van der Waals surface area contributed by atoms with Gasteiger partial charge < -0.3 is 10.3 Å². The quantitative estimate of drug-likeness (QED) is 0.209. The number of aliphatic imine (C=N–C) groups is 1. The fraction of sp³-hybridized carbons (Fsp3) is 0.188. The van der Waals surface area contributed by atoms with Gasteiger partial charge in [-0.1, -0.05) is 36.4 Å². The van der Waals surface area contributed by atoms with Crippen LogP contribution < -0.4 is 10.9 Å². The average molecular weight is 561 g/mol. The van der Waals surface area contributed by atoms with Crippen molar-refractivity contribution < 1.29 is 9.59 Å². The summed E-state index contributed by atoms with van der Waals surface area (Å²) in [5.74, 6) is 0. The van der Waals surface area contributed by atoms with Crippen LogP contribution in [0.1, 0.15) is 34.7 Å². The van der Waals surface area contributed by atoms with E-state index in [4.69, 9.17) is 4.99 Å². The van der Waals surface area contributed by atoms with E-state index in [0.717, 1.165) is 65.5 Å². The number of carbonyl (C=O) groups excluding carboxylic acids is 2. The van der Waals surface area contributed by atoms with Crippen molar-refractivity contribution in [2.45, 2.75) is 37.8 Å². The van der Waals surface area contributed by atoms with Crippen LogP contribution in [-0.4, -0.2) is 33.6 Å². The lowest BCUT2D eigenvalue weighted by Gasteiger charge is -2.30. The molecule has 0 bridgehead atoms. The molecule has 0 radical (unpaired) electrons. The second-order valence-electron chi connectivity index (χ2n) is 10.8. The summed E-state index contributed by atoms with van der Waals surface area (Å²) in [5, 5.41) is 5.99. The third-order valence-corrected chi connectivity index (χ3v) is 9.90. The monoisotopic (exact) mass is 560 g/mol. The predicted octanol–water partition coefficient (Wildman–Crippen LogP) is 5.83. The number of imidazole rings is 1. The number of H-pyrrole nitrogens is 1. The lowest BCUT2D eigenvalue weighted by Crippen LogP contribution is -2.33. The van der Waals surface area contributed by atoms with Crippen LogP contribution >= 0.6 is 17.2 Å². The normalized spacial score (nSPS) is 19.4. The summed E-state index contributed by atoms with van der Waals surface area (Å²) in [4.78, 5) is 34.7. The Balaban J connectivity index is 1.16. The maximum Gasteiger partial charge on any atom is 0.146 e. The standard InChI is InChI=1S/C32H26N4O2P2/c37-15-39-31-33-27-7-5-19(14-29(27)35-31)17-1-2-18-11-24-20(10-23(18)9-17)3-4-21-13-26-22(12-25(21)24)6-8-28-30(26)36-32(34-28)40-16-38/h1-2,5,7,9-16,28,30,39-40H,3-4,6,8H2,(H,33,35)(H,34,36). The zero-order chi connectivity index (χ0) is 26.8. The number of fused-ring (bicyclic) bond motifs is 8. The Morgan fingerprint density at radius 3 is 2.45 bits per heavy atom. The molecule has 4 atom stereocenters. The minimum Gasteiger partial charge on any atom is -0.365 e. The fourth-order valence-electron chi connectivity index (χ4n) is 6.71. The summed E-state index contributed by atoms with van der Waals surface area (Å²) in [6, 6.07) is 24.8. The second-order valence-corrected chi connectivity index (χ2v) is 12.8. The number of nitrogens with one attached hydrogen (secondary N) is 2. The molecule has 0 spiro atoms. The molecule has 3 aliphatic rings. The molecule has 2 N–H and O–H groups in total. The maximum absolute atomic E-state index is 11.1. The number of benzene rings is 4. The van der Waals surface area contributed by atoms with Crippen LogP contribution in [0.3, 0.4) is 0 Å². The highest BCUT2D eigenvalue weighted by Gasteiger charge is 2.35. The van der Waals surface area contributed by atoms with E-state index < -0.39 is 0 Å². The molecule has 2 aliphatic carbocycles. The van der Waals surface area contributed by atoms with E-state index in [2.05, 4.69) is 69.9 Å². The van der Waals surface area contributed by atoms with Crippen molar-refractivity contribution in [3.8, 4) is 22.3 Å². The molecule has 2 heterocycles. The van der Waals surface area contributed by atoms with E-state index in [9.17, 15) is 9.59 Å². The smallest absolute Gasteiger partial charge is 0.146 e. The highest BCUT2D eigenvalue weighted by Crippen LogP contribution is 2.44. The molecule has 5 aromatic rings. The van der Waals surface area contributed by atoms with E-state index in [1.165, 1.54) is 49.7 Å². The van der Waals surface area contributed by atoms with E-state index in [-0.39, 0.29) is 23.2 Å². The molecule has 0 saturated carbocycles. The average Bonchev–Trinajstić information content (AvgIpc) is 3.58. The fourth-order valence-corrected chi connectivity index (χ4v) is 7.80. The Kier molecular flexibility index (Phi) is 5.69. The third kappa shape index (κ3) is 3.93. The largest absolute Gasteiger partial charge is 0.365 e. The lowest BCUT2D eigenvalue weighted by atomic mass is 9.77. The first kappa shape index (κ1) is 24.1. The van der Waals surface area contributed by atoms with E-state index in [1.54, 1.807) is 0 Å². The summed E-state index contributed by atoms with van der Waals surface area (Å²) >= 11 is 0. The van der Waals surface area contributed by atoms with Gasteiger partial charge in [-0.3, -0.25) is 14.6 Å². The Bertz CT molecular complexity index is 1910. The first-order valence-electron chi connectivity index (χ1n) is 13.6. The van der Waals surface area contributed by atoms with E-state index in [1.807, 2.05) is 6.07 Å². The van der Waals surface area contributed by atoms with Gasteiger partial charge in [-0.15, -0.1) is 0 Å². The van der Waals surface area contributed by atoms with Gasteiger partial charge in [0.15, 0.2) is 0 Å². The molecule has 8 heteroatoms. The highest BCUT2D eigenvalue weighted by atomic mass is 31.1. The van der Waals surface area contributed by atoms with Crippen molar-refractivity contribution in [3.05, 3.63) is 82.9 Å². The molecule has 1 aromatic heterocycles. The number of hydrogen-bond donors (Lipinski definition) is 2. The van der Waals surface area contributed by atoms with Gasteiger partial charge >= 0.3 is 0 Å². The van der Waals surface area contributed by atoms with Gasteiger partial charge in [-0.25, -0.2) is 4.98 Å². The number of carbonyl (C=O) groups is 2. The minimum atomic E-state index is 0.0436. The van der Waals surface area contributed by atoms with Gasteiger partial charge in [-0.05, 0) is 105 Å². The van der Waals surface area contributed by atoms with Gasteiger partial charge in [0.25, 0.3) is 0 Å². The van der Waals surface area contributed by atoms with Crippen LogP contribution in [0.4, 0.5) is 0 Å². The van der Waals surface area contributed by atoms with Crippen LogP contribution in [0.15, 0.2) is 65.7 Å². The lowest BCUT2D eigenvalue weighted by molar-refractivity contribution is 0.478. The summed E-state index contributed by atoms with van der Waals surface area (Å²) < 4.78 is 0. The van der Waals surface area contributed by atoms with Gasteiger partial charge in [0.2, 0.25) is 0 Å². The molecular formula is C32H26N4O2P2. The van der Waals surface area contributed by atoms with Crippen molar-refractivity contribution in [2.75, 3.05) is 0 Å². The molecule has 8 rings (SSSR count). The molecule has 0 saturated heterocycles. The van der Waals surface area contributed by atoms with Gasteiger partial charge in [0.05, 0.1) is 23.1 Å². The topological polar surface area (TPSA) is 87.2 Å². The molecular weight excluding hydrogens is 534 g/mol. The number of hydrogen-bond acceptors (Lipinski definition) is 5. The number of aromatic amines is 1. The zero-order valence-corrected chi connectivity index (χ0v) is 23.6. The summed E-state index contributed by atoms with van der Waals surface area (Å²) in [6.07, 6.45) is 4.13. The molecule has 4 unspecified atom stereocenters. The van der Waals surface area contributed by atoms with Crippen LogP contribution in [0.25, 0.3) is 44.1 Å². The first-order chi connectivity index (χ1) is 19.7. The molecule has 40 heavy (non-hydrogen) atoms. The Morgan fingerprint density at radius 2 is 1.57 bits per heavy atom. The number of aryl methyl sites for hydroxylation is 3. The first-order valence-corrected chi connectivity index (χ1v) is 15.8. The zero-order valence-electron chi connectivity index (χ0n) is 21.6. The Hall–Kier alpha value is -3.72. The third-order valence-electron chi connectivity index (χ3n) is 8.60. The molecule has 4 aromatic carbocycles. The Morgan fingerprint density at radius 1 is 0.775 bits per heavy atom. The predicted molar refractivity (Wildman–Crippen MR) is 167 cm³/mol. The number of amidine groups is 1. The molecule has 0 fully saturated rings. The van der Waals surface area contributed by atoms with Crippen LogP contribution in [0.2, 0.25) is 0 Å². The maximum atomic E-state index is 11.1. The van der Waals surface area contributed by atoms with Crippen molar-refractivity contribution >= 4 is 62.2 Å². The number of nitrogens with zero attached hydrogens (tertiary/aromatic N) is 2. The van der Waals surface area contributed by atoms with Gasteiger partial charge in [0, 0.05) is 17.2 Å². The van der Waals surface area contributed by atoms with Crippen LogP contribution in [-0.2, 0) is 28.9 Å². The van der Waals surface area contributed by atoms with Crippen molar-refractivity contribution in [1.82, 2.24) is 15.3 Å². The molecule has 196 valence electrons. The van der Waals surface area contributed by atoms with Gasteiger partial charge in [-0.2, -0.15) is 0 Å². The van der Waals surface area contributed by atoms with Crippen molar-refractivity contribution in [3.63, 3.8) is 0 Å². The SMILES string of the molecule is O=CPC1=NC2c3cc4c(cc3CCC2N1)-c1cc2ccc(-c3ccc5nc(PC=O)[nH]c5c3)cc2cc1CC4. The minimum absolute atomic E-state index is 0.0436. The van der Waals surface area contributed by atoms with Gasteiger partial charge in [0.1, 0.15) is 23.2 Å². The van der Waals surface area contributed by atoms with Crippen molar-refractivity contribution in [1.29, 1.82) is 0 Å². The van der Waals surface area contributed by atoms with Crippen molar-refractivity contribution in [2.24, 2.45) is 4.99 Å². The molecule has 6 nitrogen and oxygen atoms in total. The summed E-state index contributed by atoms with van der Waals surface area (Å²) in [7, 11) is 0.156. The highest BCUT2D eigenvalue weighted by molar-refractivity contribution is 7.71. The second kappa shape index (κ2) is 9.44. The molecule has 1 aliphatic heterocycles. The summed E-state index contributed by atoms with van der Waals surface area (Å²) in [5.41, 5.74) is 14.0. The number of aromatic nitrogens is 2. The number of rotatable bonds is 5. The van der Waals surface area contributed by atoms with Crippen LogP contribution in [0, 0.1) is 0 Å². The van der Waals surface area contributed by atoms with Crippen LogP contribution in [0.5, 0.6) is 0 Å². The summed E-state index contributed by atoms with van der Waals surface area (Å²) in [6.45, 7) is 0. The van der Waals surface area contributed by atoms with E-state index >= 15 is 0 Å². The molecule has 0 amide bonds. The van der Waals surface area contributed by atoms with E-state index in [0.29, 0.717) is 6.04 Å². The Labute approximate surface area is 234 Å².